The summed E-state index contributed by atoms with van der Waals surface area (Å²) >= 11 is 0. The van der Waals surface area contributed by atoms with Gasteiger partial charge in [0.15, 0.2) is 11.6 Å². The minimum Gasteiger partial charge on any atom is -0.507 e. The zero-order valence-corrected chi connectivity index (χ0v) is 16.0. The van der Waals surface area contributed by atoms with Gasteiger partial charge >= 0.3 is 0 Å². The summed E-state index contributed by atoms with van der Waals surface area (Å²) in [7, 11) is 1.41. The topological polar surface area (TPSA) is 43.6 Å². The van der Waals surface area contributed by atoms with Crippen molar-refractivity contribution in [3.05, 3.63) is 53.2 Å². The highest BCUT2D eigenvalue weighted by molar-refractivity contribution is 5.92. The monoisotopic (exact) mass is 387 g/mol. The van der Waals surface area contributed by atoms with Crippen LogP contribution in [0.15, 0.2) is 30.3 Å². The molecule has 0 spiro atoms. The molecule has 1 aliphatic rings. The lowest BCUT2D eigenvalue weighted by molar-refractivity contribution is 0.143. The van der Waals surface area contributed by atoms with E-state index in [1.54, 1.807) is 12.1 Å². The molecule has 1 N–H and O–H groups in total. The average Bonchev–Trinajstić information content (AvgIpc) is 2.83. The fourth-order valence-corrected chi connectivity index (χ4v) is 4.30. The Bertz CT molecular complexity index is 1020. The number of benzene rings is 2. The minimum absolute atomic E-state index is 0.0913. The maximum atomic E-state index is 14.2. The van der Waals surface area contributed by atoms with Gasteiger partial charge in [-0.25, -0.2) is 8.78 Å². The van der Waals surface area contributed by atoms with Crippen LogP contribution in [0.2, 0.25) is 0 Å². The second kappa shape index (κ2) is 7.43. The van der Waals surface area contributed by atoms with E-state index < -0.39 is 11.6 Å². The van der Waals surface area contributed by atoms with Crippen molar-refractivity contribution in [2.75, 3.05) is 20.3 Å². The second-order valence-electron chi connectivity index (χ2n) is 7.22. The van der Waals surface area contributed by atoms with Crippen LogP contribution in [0.25, 0.3) is 16.6 Å². The van der Waals surface area contributed by atoms with E-state index in [0.717, 1.165) is 43.2 Å². The Morgan fingerprint density at radius 1 is 1.14 bits per heavy atom. The molecule has 0 radical (unpaired) electrons. The molecular formula is C22H23F2NO3. The number of halogens is 2. The number of aromatic nitrogens is 1. The molecule has 1 aromatic heterocycles. The largest absolute Gasteiger partial charge is 0.507 e. The molecule has 6 heteroatoms. The van der Waals surface area contributed by atoms with Crippen molar-refractivity contribution in [2.45, 2.75) is 32.1 Å². The van der Waals surface area contributed by atoms with Gasteiger partial charge in [0.25, 0.3) is 0 Å². The Labute approximate surface area is 162 Å². The summed E-state index contributed by atoms with van der Waals surface area (Å²) in [6.45, 7) is 3.32. The quantitative estimate of drug-likeness (QED) is 0.670. The molecule has 0 aliphatic carbocycles. The Morgan fingerprint density at radius 2 is 1.96 bits per heavy atom. The summed E-state index contributed by atoms with van der Waals surface area (Å²) in [6.07, 6.45) is 2.69. The van der Waals surface area contributed by atoms with E-state index >= 15 is 0 Å². The van der Waals surface area contributed by atoms with Gasteiger partial charge < -0.3 is 19.1 Å². The minimum atomic E-state index is -0.520. The molecule has 4 nitrogen and oxygen atoms in total. The van der Waals surface area contributed by atoms with Crippen LogP contribution in [0.1, 0.15) is 36.4 Å². The molecule has 1 fully saturated rings. The van der Waals surface area contributed by atoms with Crippen LogP contribution >= 0.6 is 0 Å². The highest BCUT2D eigenvalue weighted by Crippen LogP contribution is 2.41. The van der Waals surface area contributed by atoms with E-state index in [-0.39, 0.29) is 17.4 Å². The molecule has 1 unspecified atom stereocenters. The van der Waals surface area contributed by atoms with Crippen LogP contribution in [0.3, 0.4) is 0 Å². The van der Waals surface area contributed by atoms with Gasteiger partial charge in [-0.3, -0.25) is 0 Å². The number of methoxy groups -OCH3 is 1. The molecule has 28 heavy (non-hydrogen) atoms. The molecule has 0 amide bonds. The summed E-state index contributed by atoms with van der Waals surface area (Å²) < 4.78 is 40.8. The number of phenols is 1. The number of ether oxygens (including phenoxy) is 2. The lowest BCUT2D eigenvalue weighted by Gasteiger charge is -2.20. The molecule has 1 aliphatic heterocycles. The van der Waals surface area contributed by atoms with Crippen molar-refractivity contribution < 1.29 is 23.4 Å². The molecule has 0 bridgehead atoms. The number of hydrogen-bond acceptors (Lipinski definition) is 3. The number of phenolic OH excluding ortho intramolecular Hbond substituents is 1. The van der Waals surface area contributed by atoms with Crippen LogP contribution in [0.4, 0.5) is 8.78 Å². The van der Waals surface area contributed by atoms with Crippen LogP contribution in [0.5, 0.6) is 11.5 Å². The molecule has 0 saturated carbocycles. The van der Waals surface area contributed by atoms with E-state index in [1.807, 2.05) is 11.5 Å². The summed E-state index contributed by atoms with van der Waals surface area (Å²) in [5, 5.41) is 11.1. The van der Waals surface area contributed by atoms with E-state index in [0.29, 0.717) is 23.2 Å². The van der Waals surface area contributed by atoms with Crippen LogP contribution in [-0.4, -0.2) is 30.0 Å². The summed E-state index contributed by atoms with van der Waals surface area (Å²) in [5.41, 5.74) is 3.13. The van der Waals surface area contributed by atoms with Gasteiger partial charge in [0.05, 0.1) is 12.6 Å². The predicted molar refractivity (Wildman–Crippen MR) is 104 cm³/mol. The van der Waals surface area contributed by atoms with Crippen molar-refractivity contribution in [1.82, 2.24) is 4.57 Å². The molecule has 1 atom stereocenters. The first kappa shape index (κ1) is 18.7. The SMILES string of the molecule is COc1cc(-n2c(C3CCCOCC3)c(C)c3c(O)cc(F)cc32)ccc1F. The first-order valence-corrected chi connectivity index (χ1v) is 9.46. The van der Waals surface area contributed by atoms with Gasteiger partial charge in [0, 0.05) is 48.0 Å². The molecule has 1 saturated heterocycles. The van der Waals surface area contributed by atoms with E-state index in [2.05, 4.69) is 0 Å². The van der Waals surface area contributed by atoms with Gasteiger partial charge in [0.2, 0.25) is 0 Å². The first-order chi connectivity index (χ1) is 13.5. The third-order valence-corrected chi connectivity index (χ3v) is 5.53. The molecule has 2 aromatic carbocycles. The van der Waals surface area contributed by atoms with Gasteiger partial charge in [-0.2, -0.15) is 0 Å². The first-order valence-electron chi connectivity index (χ1n) is 9.46. The van der Waals surface area contributed by atoms with Crippen molar-refractivity contribution >= 4 is 10.9 Å². The lowest BCUT2D eigenvalue weighted by atomic mass is 9.93. The van der Waals surface area contributed by atoms with Gasteiger partial charge in [-0.15, -0.1) is 0 Å². The van der Waals surface area contributed by atoms with Crippen molar-refractivity contribution in [1.29, 1.82) is 0 Å². The van der Waals surface area contributed by atoms with Crippen molar-refractivity contribution in [3.63, 3.8) is 0 Å². The Hall–Kier alpha value is -2.60. The molecule has 148 valence electrons. The van der Waals surface area contributed by atoms with E-state index in [1.165, 1.54) is 19.2 Å². The fraction of sp³-hybridized carbons (Fsp3) is 0.364. The Morgan fingerprint density at radius 3 is 2.75 bits per heavy atom. The summed E-state index contributed by atoms with van der Waals surface area (Å²) in [4.78, 5) is 0. The van der Waals surface area contributed by atoms with E-state index in [4.69, 9.17) is 9.47 Å². The van der Waals surface area contributed by atoms with Crippen molar-refractivity contribution in [3.8, 4) is 17.2 Å². The number of hydrogen-bond donors (Lipinski definition) is 1. The fourth-order valence-electron chi connectivity index (χ4n) is 4.30. The zero-order chi connectivity index (χ0) is 19.8. The lowest BCUT2D eigenvalue weighted by Crippen LogP contribution is -2.09. The van der Waals surface area contributed by atoms with Gasteiger partial charge in [-0.1, -0.05) is 0 Å². The molecular weight excluding hydrogens is 364 g/mol. The molecule has 4 rings (SSSR count). The van der Waals surface area contributed by atoms with Gasteiger partial charge in [0.1, 0.15) is 11.6 Å². The predicted octanol–water partition coefficient (Wildman–Crippen LogP) is 5.22. The zero-order valence-electron chi connectivity index (χ0n) is 16.0. The third-order valence-electron chi connectivity index (χ3n) is 5.53. The number of rotatable bonds is 3. The van der Waals surface area contributed by atoms with Crippen molar-refractivity contribution in [2.24, 2.45) is 0 Å². The summed E-state index contributed by atoms with van der Waals surface area (Å²) in [5.74, 6) is -0.765. The normalized spacial score (nSPS) is 17.6. The van der Waals surface area contributed by atoms with Crippen LogP contribution in [-0.2, 0) is 4.74 Å². The number of fused-ring (bicyclic) bond motifs is 1. The Kier molecular flexibility index (Phi) is 4.98. The number of aryl methyl sites for hydroxylation is 1. The summed E-state index contributed by atoms with van der Waals surface area (Å²) in [6, 6.07) is 7.14. The highest BCUT2D eigenvalue weighted by Gasteiger charge is 2.26. The second-order valence-corrected chi connectivity index (χ2v) is 7.22. The maximum Gasteiger partial charge on any atom is 0.165 e. The number of nitrogens with zero attached hydrogens (tertiary/aromatic N) is 1. The van der Waals surface area contributed by atoms with E-state index in [9.17, 15) is 13.9 Å². The maximum absolute atomic E-state index is 14.2. The number of aromatic hydroxyl groups is 1. The van der Waals surface area contributed by atoms with Crippen LogP contribution in [0, 0.1) is 18.6 Å². The molecule has 2 heterocycles. The molecule has 3 aromatic rings. The smallest absolute Gasteiger partial charge is 0.165 e. The highest BCUT2D eigenvalue weighted by atomic mass is 19.1. The van der Waals surface area contributed by atoms with Gasteiger partial charge in [-0.05, 0) is 49.9 Å². The third kappa shape index (κ3) is 3.11. The van der Waals surface area contributed by atoms with Crippen LogP contribution < -0.4 is 4.74 Å². The Balaban J connectivity index is 2.03. The standard InChI is InChI=1S/C22H23F2NO3/c1-13-21-18(10-15(23)11-19(21)26)25(16-5-6-17(24)20(12-16)27-2)22(13)14-4-3-8-28-9-7-14/h5-6,10-12,14,26H,3-4,7-9H2,1-2H3. The average molecular weight is 387 g/mol.